The van der Waals surface area contributed by atoms with Gasteiger partial charge in [0.1, 0.15) is 16.9 Å². The lowest BCUT2D eigenvalue weighted by Gasteiger charge is -2.27. The standard InChI is InChI=1S/C27H32N2O7/c1-14-16(3)35-22-12-23-20(10-19(14)22)15(2)21(27(34)36-23)11-24(30)29-13-17-4-6-18(7-5-17)26(33)28-9-8-25(31)32/h10,12,17-18H,4-9,11,13H2,1-3H3,(H,28,33)(H,29,30)(H,31,32). The van der Waals surface area contributed by atoms with Gasteiger partial charge in [-0.1, -0.05) is 0 Å². The summed E-state index contributed by atoms with van der Waals surface area (Å²) >= 11 is 0. The molecule has 0 bridgehead atoms. The number of aliphatic carboxylic acids is 1. The van der Waals surface area contributed by atoms with E-state index in [1.165, 1.54) is 0 Å². The molecule has 1 aliphatic rings. The number of hydrogen-bond donors (Lipinski definition) is 3. The highest BCUT2D eigenvalue weighted by Gasteiger charge is 2.26. The van der Waals surface area contributed by atoms with Crippen LogP contribution in [0.4, 0.5) is 0 Å². The predicted molar refractivity (Wildman–Crippen MR) is 134 cm³/mol. The number of carbonyl (C=O) groups is 3. The molecule has 1 fully saturated rings. The summed E-state index contributed by atoms with van der Waals surface area (Å²) in [5, 5.41) is 16.0. The molecule has 0 aliphatic heterocycles. The van der Waals surface area contributed by atoms with E-state index in [1.54, 1.807) is 6.07 Å². The van der Waals surface area contributed by atoms with Crippen LogP contribution in [0.5, 0.6) is 0 Å². The molecule has 0 radical (unpaired) electrons. The zero-order valence-corrected chi connectivity index (χ0v) is 20.9. The van der Waals surface area contributed by atoms with Gasteiger partial charge < -0.3 is 24.6 Å². The minimum atomic E-state index is -0.938. The summed E-state index contributed by atoms with van der Waals surface area (Å²) in [5.74, 6) is -0.332. The lowest BCUT2D eigenvalue weighted by Crippen LogP contribution is -2.37. The van der Waals surface area contributed by atoms with Crippen molar-refractivity contribution >= 4 is 39.7 Å². The number of carbonyl (C=O) groups excluding carboxylic acids is 2. The molecule has 0 unspecified atom stereocenters. The van der Waals surface area contributed by atoms with Crippen molar-refractivity contribution in [3.05, 3.63) is 45.0 Å². The van der Waals surface area contributed by atoms with Crippen molar-refractivity contribution in [3.63, 3.8) is 0 Å². The van der Waals surface area contributed by atoms with Crippen LogP contribution in [-0.2, 0) is 20.8 Å². The second-order valence-electron chi connectivity index (χ2n) is 9.75. The Hall–Kier alpha value is -3.62. The van der Waals surface area contributed by atoms with Gasteiger partial charge in [-0.15, -0.1) is 0 Å². The smallest absolute Gasteiger partial charge is 0.340 e. The molecule has 3 N–H and O–H groups in total. The second-order valence-corrected chi connectivity index (χ2v) is 9.75. The van der Waals surface area contributed by atoms with E-state index in [2.05, 4.69) is 10.6 Å². The summed E-state index contributed by atoms with van der Waals surface area (Å²) in [6.07, 6.45) is 2.85. The molecule has 9 heteroatoms. The molecular formula is C27H32N2O7. The third kappa shape index (κ3) is 5.45. The zero-order chi connectivity index (χ0) is 26.0. The highest BCUT2D eigenvalue weighted by Crippen LogP contribution is 2.31. The van der Waals surface area contributed by atoms with E-state index in [4.69, 9.17) is 13.9 Å². The third-order valence-electron chi connectivity index (χ3n) is 7.36. The number of hydrogen-bond acceptors (Lipinski definition) is 6. The van der Waals surface area contributed by atoms with E-state index in [-0.39, 0.29) is 43.0 Å². The number of benzene rings is 1. The molecule has 0 spiro atoms. The topological polar surface area (TPSA) is 139 Å². The number of carboxylic acid groups (broad SMARTS) is 1. The Bertz CT molecular complexity index is 1380. The van der Waals surface area contributed by atoms with Crippen LogP contribution in [0.15, 0.2) is 25.8 Å². The van der Waals surface area contributed by atoms with Gasteiger partial charge in [0.15, 0.2) is 0 Å². The number of furan rings is 1. The Morgan fingerprint density at radius 3 is 2.31 bits per heavy atom. The summed E-state index contributed by atoms with van der Waals surface area (Å²) in [6, 6.07) is 3.68. The molecule has 1 saturated carbocycles. The van der Waals surface area contributed by atoms with Gasteiger partial charge in [0.25, 0.3) is 0 Å². The minimum Gasteiger partial charge on any atom is -0.481 e. The Morgan fingerprint density at radius 1 is 0.944 bits per heavy atom. The number of aryl methyl sites for hydroxylation is 3. The van der Waals surface area contributed by atoms with Crippen LogP contribution in [0, 0.1) is 32.6 Å². The predicted octanol–water partition coefficient (Wildman–Crippen LogP) is 3.52. The summed E-state index contributed by atoms with van der Waals surface area (Å²) in [4.78, 5) is 48.1. The summed E-state index contributed by atoms with van der Waals surface area (Å²) in [6.45, 7) is 6.33. The van der Waals surface area contributed by atoms with E-state index in [1.807, 2.05) is 26.8 Å². The van der Waals surface area contributed by atoms with Gasteiger partial charge >= 0.3 is 11.6 Å². The van der Waals surface area contributed by atoms with Crippen molar-refractivity contribution in [1.29, 1.82) is 0 Å². The molecule has 1 aromatic carbocycles. The van der Waals surface area contributed by atoms with E-state index < -0.39 is 11.6 Å². The van der Waals surface area contributed by atoms with E-state index in [9.17, 15) is 19.2 Å². The van der Waals surface area contributed by atoms with Crippen LogP contribution in [0.3, 0.4) is 0 Å². The van der Waals surface area contributed by atoms with Gasteiger partial charge in [0, 0.05) is 35.8 Å². The van der Waals surface area contributed by atoms with Crippen molar-refractivity contribution in [3.8, 4) is 0 Å². The Kier molecular flexibility index (Phi) is 7.47. The minimum absolute atomic E-state index is 0.0626. The molecule has 1 aliphatic carbocycles. The highest BCUT2D eigenvalue weighted by molar-refractivity contribution is 5.97. The second kappa shape index (κ2) is 10.6. The Balaban J connectivity index is 1.34. The SMILES string of the molecule is Cc1oc2cc3oc(=O)c(CC(=O)NCC4CCC(C(=O)NCCC(=O)O)CC4)c(C)c3cc2c1C. The van der Waals surface area contributed by atoms with Gasteiger partial charge in [-0.2, -0.15) is 0 Å². The molecule has 2 aromatic heterocycles. The first-order valence-electron chi connectivity index (χ1n) is 12.4. The van der Waals surface area contributed by atoms with Crippen molar-refractivity contribution in [2.45, 2.75) is 59.3 Å². The monoisotopic (exact) mass is 496 g/mol. The number of carboxylic acids is 1. The molecule has 0 atom stereocenters. The van der Waals surface area contributed by atoms with E-state index in [0.29, 0.717) is 36.1 Å². The molecule has 2 heterocycles. The maximum atomic E-state index is 12.7. The maximum Gasteiger partial charge on any atom is 0.340 e. The largest absolute Gasteiger partial charge is 0.481 e. The fourth-order valence-electron chi connectivity index (χ4n) is 4.98. The lowest BCUT2D eigenvalue weighted by atomic mass is 9.81. The normalized spacial score (nSPS) is 17.9. The fourth-order valence-corrected chi connectivity index (χ4v) is 4.98. The summed E-state index contributed by atoms with van der Waals surface area (Å²) in [7, 11) is 0. The van der Waals surface area contributed by atoms with Gasteiger partial charge in [0.05, 0.1) is 18.4 Å². The summed E-state index contributed by atoms with van der Waals surface area (Å²) in [5.41, 5.74) is 2.68. The van der Waals surface area contributed by atoms with Crippen molar-refractivity contribution in [1.82, 2.24) is 10.6 Å². The molecule has 2 amide bonds. The number of amides is 2. The van der Waals surface area contributed by atoms with Crippen LogP contribution >= 0.6 is 0 Å². The molecule has 4 rings (SSSR count). The molecule has 3 aromatic rings. The van der Waals surface area contributed by atoms with E-state index in [0.717, 1.165) is 40.5 Å². The molecule has 0 saturated heterocycles. The average molecular weight is 497 g/mol. The van der Waals surface area contributed by atoms with Crippen LogP contribution in [-0.4, -0.2) is 36.0 Å². The maximum absolute atomic E-state index is 12.7. The van der Waals surface area contributed by atoms with Crippen molar-refractivity contribution in [2.24, 2.45) is 11.8 Å². The van der Waals surface area contributed by atoms with Gasteiger partial charge in [-0.3, -0.25) is 14.4 Å². The average Bonchev–Trinajstić information content (AvgIpc) is 3.11. The van der Waals surface area contributed by atoms with E-state index >= 15 is 0 Å². The molecule has 36 heavy (non-hydrogen) atoms. The quantitative estimate of drug-likeness (QED) is 0.406. The van der Waals surface area contributed by atoms with Crippen LogP contribution in [0.2, 0.25) is 0 Å². The van der Waals surface area contributed by atoms with Crippen LogP contribution in [0.25, 0.3) is 21.9 Å². The first-order valence-corrected chi connectivity index (χ1v) is 12.4. The Morgan fingerprint density at radius 2 is 1.61 bits per heavy atom. The highest BCUT2D eigenvalue weighted by atomic mass is 16.4. The first-order chi connectivity index (χ1) is 17.1. The lowest BCUT2D eigenvalue weighted by molar-refractivity contribution is -0.137. The number of nitrogens with one attached hydrogen (secondary N) is 2. The van der Waals surface area contributed by atoms with Gasteiger partial charge in [-0.05, 0) is 69.6 Å². The fraction of sp³-hybridized carbons (Fsp3) is 0.481. The number of rotatable bonds is 8. The van der Waals surface area contributed by atoms with Crippen LogP contribution in [0.1, 0.15) is 54.6 Å². The number of fused-ring (bicyclic) bond motifs is 2. The Labute approximate surface area is 208 Å². The first kappa shape index (κ1) is 25.5. The molecule has 192 valence electrons. The molecule has 9 nitrogen and oxygen atoms in total. The van der Waals surface area contributed by atoms with Crippen molar-refractivity contribution < 1.29 is 28.3 Å². The van der Waals surface area contributed by atoms with Crippen LogP contribution < -0.4 is 16.3 Å². The van der Waals surface area contributed by atoms with Gasteiger partial charge in [-0.25, -0.2) is 4.79 Å². The third-order valence-corrected chi connectivity index (χ3v) is 7.36. The van der Waals surface area contributed by atoms with Gasteiger partial charge in [0.2, 0.25) is 11.8 Å². The van der Waals surface area contributed by atoms with Crippen molar-refractivity contribution in [2.75, 3.05) is 13.1 Å². The summed E-state index contributed by atoms with van der Waals surface area (Å²) < 4.78 is 11.3. The molecular weight excluding hydrogens is 464 g/mol. The zero-order valence-electron chi connectivity index (χ0n) is 20.9.